The lowest BCUT2D eigenvalue weighted by Gasteiger charge is -2.32. The van der Waals surface area contributed by atoms with Crippen LogP contribution >= 0.6 is 0 Å². The maximum Gasteiger partial charge on any atom is 0.255 e. The Kier molecular flexibility index (Phi) is 4.13. The molecule has 1 fully saturated rings. The minimum absolute atomic E-state index is 0.0704. The molecular weight excluding hydrogens is 276 g/mol. The van der Waals surface area contributed by atoms with Gasteiger partial charge >= 0.3 is 0 Å². The summed E-state index contributed by atoms with van der Waals surface area (Å²) < 4.78 is 0. The maximum atomic E-state index is 12.7. The number of amides is 1. The van der Waals surface area contributed by atoms with Crippen molar-refractivity contribution >= 4 is 5.91 Å². The Bertz CT molecular complexity index is 686. The first-order chi connectivity index (χ1) is 10.6. The number of aromatic nitrogens is 3. The summed E-state index contributed by atoms with van der Waals surface area (Å²) in [5.41, 5.74) is 2.52. The Morgan fingerprint density at radius 1 is 1.23 bits per heavy atom. The molecule has 3 rings (SSSR count). The van der Waals surface area contributed by atoms with Crippen molar-refractivity contribution in [2.75, 3.05) is 13.1 Å². The third-order valence-electron chi connectivity index (χ3n) is 4.16. The fraction of sp³-hybridized carbons (Fsp3) is 0.412. The van der Waals surface area contributed by atoms with Gasteiger partial charge in [-0.1, -0.05) is 0 Å². The van der Waals surface area contributed by atoms with Crippen LogP contribution in [0.2, 0.25) is 0 Å². The first-order valence-electron chi connectivity index (χ1n) is 7.65. The molecule has 1 saturated heterocycles. The number of carbonyl (C=O) groups excluding carboxylic acids is 1. The van der Waals surface area contributed by atoms with Gasteiger partial charge in [-0.05, 0) is 44.9 Å². The summed E-state index contributed by atoms with van der Waals surface area (Å²) in [4.78, 5) is 27.5. The normalized spacial score (nSPS) is 18.3. The molecule has 1 amide bonds. The maximum absolute atomic E-state index is 12.7. The van der Waals surface area contributed by atoms with Gasteiger partial charge in [-0.3, -0.25) is 9.78 Å². The quantitative estimate of drug-likeness (QED) is 0.854. The Morgan fingerprint density at radius 2 is 2.09 bits per heavy atom. The highest BCUT2D eigenvalue weighted by atomic mass is 16.2. The first-order valence-corrected chi connectivity index (χ1v) is 7.65. The average Bonchev–Trinajstić information content (AvgIpc) is 2.55. The van der Waals surface area contributed by atoms with Gasteiger partial charge in [0.05, 0.1) is 5.56 Å². The number of aryl methyl sites for hydroxylation is 2. The predicted molar refractivity (Wildman–Crippen MR) is 83.6 cm³/mol. The smallest absolute Gasteiger partial charge is 0.255 e. The molecule has 1 aliphatic heterocycles. The van der Waals surface area contributed by atoms with Crippen LogP contribution in [0.15, 0.2) is 30.6 Å². The third-order valence-corrected chi connectivity index (χ3v) is 4.16. The van der Waals surface area contributed by atoms with E-state index in [9.17, 15) is 4.79 Å². The molecule has 114 valence electrons. The fourth-order valence-corrected chi connectivity index (χ4v) is 2.99. The lowest BCUT2D eigenvalue weighted by atomic mass is 9.94. The van der Waals surface area contributed by atoms with E-state index in [4.69, 9.17) is 0 Å². The van der Waals surface area contributed by atoms with Crippen molar-refractivity contribution in [3.8, 4) is 0 Å². The van der Waals surface area contributed by atoms with Crippen LogP contribution in [0.4, 0.5) is 0 Å². The van der Waals surface area contributed by atoms with Gasteiger partial charge in [-0.15, -0.1) is 0 Å². The van der Waals surface area contributed by atoms with Crippen molar-refractivity contribution in [3.05, 3.63) is 53.4 Å². The molecule has 2 aromatic heterocycles. The Labute approximate surface area is 130 Å². The number of rotatable bonds is 2. The molecule has 5 nitrogen and oxygen atoms in total. The van der Waals surface area contributed by atoms with Gasteiger partial charge in [-0.2, -0.15) is 0 Å². The average molecular weight is 296 g/mol. The van der Waals surface area contributed by atoms with E-state index in [1.807, 2.05) is 36.9 Å². The molecule has 0 saturated carbocycles. The van der Waals surface area contributed by atoms with Crippen LogP contribution in [0.3, 0.4) is 0 Å². The molecule has 0 N–H and O–H groups in total. The first kappa shape index (κ1) is 14.6. The minimum Gasteiger partial charge on any atom is -0.338 e. The summed E-state index contributed by atoms with van der Waals surface area (Å²) in [6.07, 6.45) is 5.57. The molecule has 0 spiro atoms. The molecule has 0 radical (unpaired) electrons. The molecule has 0 aliphatic carbocycles. The van der Waals surface area contributed by atoms with Gasteiger partial charge in [-0.25, -0.2) is 9.97 Å². The van der Waals surface area contributed by atoms with Gasteiger partial charge < -0.3 is 4.90 Å². The zero-order chi connectivity index (χ0) is 15.5. The summed E-state index contributed by atoms with van der Waals surface area (Å²) in [6.45, 7) is 5.29. The van der Waals surface area contributed by atoms with Crippen molar-refractivity contribution in [2.24, 2.45) is 0 Å². The molecule has 1 aliphatic rings. The number of likely N-dealkylation sites (tertiary alicyclic amines) is 1. The largest absolute Gasteiger partial charge is 0.338 e. The molecule has 0 unspecified atom stereocenters. The summed E-state index contributed by atoms with van der Waals surface area (Å²) in [5.74, 6) is 1.14. The van der Waals surface area contributed by atoms with Crippen molar-refractivity contribution in [1.29, 1.82) is 0 Å². The van der Waals surface area contributed by atoms with Gasteiger partial charge in [0, 0.05) is 42.8 Å². The Hall–Kier alpha value is -2.30. The molecule has 3 heterocycles. The molecule has 0 bridgehead atoms. The molecule has 5 heteroatoms. The number of piperidine rings is 1. The fourth-order valence-electron chi connectivity index (χ4n) is 2.99. The summed E-state index contributed by atoms with van der Waals surface area (Å²) in [7, 11) is 0. The highest BCUT2D eigenvalue weighted by Gasteiger charge is 2.27. The van der Waals surface area contributed by atoms with Crippen molar-refractivity contribution in [2.45, 2.75) is 32.6 Å². The summed E-state index contributed by atoms with van der Waals surface area (Å²) in [5, 5.41) is 0. The monoisotopic (exact) mass is 296 g/mol. The van der Waals surface area contributed by atoms with Crippen LogP contribution in [0.1, 0.15) is 46.3 Å². The lowest BCUT2D eigenvalue weighted by Crippen LogP contribution is -2.39. The van der Waals surface area contributed by atoms with Crippen LogP contribution < -0.4 is 0 Å². The van der Waals surface area contributed by atoms with E-state index in [1.54, 1.807) is 12.4 Å². The van der Waals surface area contributed by atoms with Crippen LogP contribution in [0.25, 0.3) is 0 Å². The number of hydrogen-bond donors (Lipinski definition) is 0. The van der Waals surface area contributed by atoms with Crippen molar-refractivity contribution in [1.82, 2.24) is 19.9 Å². The van der Waals surface area contributed by atoms with E-state index in [1.165, 1.54) is 0 Å². The van der Waals surface area contributed by atoms with Crippen molar-refractivity contribution < 1.29 is 4.79 Å². The van der Waals surface area contributed by atoms with E-state index >= 15 is 0 Å². The molecule has 22 heavy (non-hydrogen) atoms. The molecule has 0 aromatic carbocycles. The van der Waals surface area contributed by atoms with Crippen LogP contribution in [-0.2, 0) is 0 Å². The second-order valence-corrected chi connectivity index (χ2v) is 5.76. The van der Waals surface area contributed by atoms with Crippen LogP contribution in [0.5, 0.6) is 0 Å². The Morgan fingerprint density at radius 3 is 2.86 bits per heavy atom. The van der Waals surface area contributed by atoms with E-state index in [0.717, 1.165) is 36.6 Å². The number of hydrogen-bond acceptors (Lipinski definition) is 4. The zero-order valence-electron chi connectivity index (χ0n) is 13.0. The summed E-state index contributed by atoms with van der Waals surface area (Å²) in [6, 6.07) is 5.62. The van der Waals surface area contributed by atoms with E-state index in [-0.39, 0.29) is 11.8 Å². The zero-order valence-corrected chi connectivity index (χ0v) is 13.0. The number of carbonyl (C=O) groups is 1. The van der Waals surface area contributed by atoms with E-state index in [0.29, 0.717) is 12.1 Å². The SMILES string of the molecule is Cc1nccc([C@@H]2CCCN(C(=O)c3cccnc3C)C2)n1. The number of nitrogens with zero attached hydrogens (tertiary/aromatic N) is 4. The third kappa shape index (κ3) is 2.98. The van der Waals surface area contributed by atoms with Gasteiger partial charge in [0.2, 0.25) is 0 Å². The highest BCUT2D eigenvalue weighted by molar-refractivity contribution is 5.95. The molecule has 1 atom stereocenters. The van der Waals surface area contributed by atoms with E-state index in [2.05, 4.69) is 15.0 Å². The van der Waals surface area contributed by atoms with Gasteiger partial charge in [0.15, 0.2) is 0 Å². The highest BCUT2D eigenvalue weighted by Crippen LogP contribution is 2.26. The molecular formula is C17H20N4O. The van der Waals surface area contributed by atoms with Crippen molar-refractivity contribution in [3.63, 3.8) is 0 Å². The second kappa shape index (κ2) is 6.22. The van der Waals surface area contributed by atoms with E-state index < -0.39 is 0 Å². The predicted octanol–water partition coefficient (Wildman–Crippen LogP) is 2.51. The lowest BCUT2D eigenvalue weighted by molar-refractivity contribution is 0.0704. The van der Waals surface area contributed by atoms with Crippen LogP contribution in [0, 0.1) is 13.8 Å². The van der Waals surface area contributed by atoms with Gasteiger partial charge in [0.1, 0.15) is 5.82 Å². The number of pyridine rings is 1. The topological polar surface area (TPSA) is 59.0 Å². The van der Waals surface area contributed by atoms with Gasteiger partial charge in [0.25, 0.3) is 5.91 Å². The molecule has 2 aromatic rings. The van der Waals surface area contributed by atoms with Crippen LogP contribution in [-0.4, -0.2) is 38.8 Å². The standard InChI is InChI=1S/C17H20N4O/c1-12-15(6-3-8-18-12)17(22)21-10-4-5-14(11-21)16-7-9-19-13(2)20-16/h3,6-9,14H,4-5,10-11H2,1-2H3/t14-/m1/s1. The second-order valence-electron chi connectivity index (χ2n) is 5.76. The Balaban J connectivity index is 1.78. The summed E-state index contributed by atoms with van der Waals surface area (Å²) >= 11 is 0. The minimum atomic E-state index is 0.0704.